The van der Waals surface area contributed by atoms with Gasteiger partial charge in [0.15, 0.2) is 0 Å². The Morgan fingerprint density at radius 1 is 1.29 bits per heavy atom. The van der Waals surface area contributed by atoms with E-state index in [0.717, 1.165) is 10.2 Å². The molecule has 1 aromatic carbocycles. The number of carbonyl (C=O) groups is 1. The molecule has 1 aromatic rings. The summed E-state index contributed by atoms with van der Waals surface area (Å²) < 4.78 is 0.996. The molecular weight excluding hydrogens is 267 g/mol. The Hall–Kier alpha value is -0.740. The van der Waals surface area contributed by atoms with Gasteiger partial charge in [0, 0.05) is 24.3 Å². The largest absolute Gasteiger partial charge is 0.331 e. The SMILES string of the molecule is CN(C)C(=O)Nc1ccc(Br)cc1.Cl. The molecule has 14 heavy (non-hydrogen) atoms. The van der Waals surface area contributed by atoms with Crippen LogP contribution in [-0.4, -0.2) is 25.0 Å². The smallest absolute Gasteiger partial charge is 0.321 e. The van der Waals surface area contributed by atoms with Crippen LogP contribution >= 0.6 is 28.3 Å². The van der Waals surface area contributed by atoms with Crippen molar-refractivity contribution in [1.82, 2.24) is 4.90 Å². The summed E-state index contributed by atoms with van der Waals surface area (Å²) in [5, 5.41) is 2.73. The number of benzene rings is 1. The van der Waals surface area contributed by atoms with E-state index in [-0.39, 0.29) is 18.4 Å². The van der Waals surface area contributed by atoms with Crippen molar-refractivity contribution in [2.45, 2.75) is 0 Å². The number of hydrogen-bond donors (Lipinski definition) is 1. The van der Waals surface area contributed by atoms with E-state index < -0.39 is 0 Å². The van der Waals surface area contributed by atoms with Crippen molar-refractivity contribution in [1.29, 1.82) is 0 Å². The number of nitrogens with zero attached hydrogens (tertiary/aromatic N) is 1. The van der Waals surface area contributed by atoms with E-state index in [1.54, 1.807) is 14.1 Å². The first kappa shape index (κ1) is 13.3. The fourth-order valence-electron chi connectivity index (χ4n) is 0.769. The highest BCUT2D eigenvalue weighted by Crippen LogP contribution is 2.14. The van der Waals surface area contributed by atoms with Crippen LogP contribution in [0.5, 0.6) is 0 Å². The van der Waals surface area contributed by atoms with Gasteiger partial charge in [0.2, 0.25) is 0 Å². The molecule has 0 radical (unpaired) electrons. The average molecular weight is 280 g/mol. The first-order valence-electron chi connectivity index (χ1n) is 3.83. The number of urea groups is 1. The maximum Gasteiger partial charge on any atom is 0.321 e. The van der Waals surface area contributed by atoms with Crippen molar-refractivity contribution in [2.75, 3.05) is 19.4 Å². The number of anilines is 1. The summed E-state index contributed by atoms with van der Waals surface area (Å²) in [7, 11) is 3.41. The van der Waals surface area contributed by atoms with Crippen LogP contribution in [0.2, 0.25) is 0 Å². The normalized spacial score (nSPS) is 8.79. The first-order valence-corrected chi connectivity index (χ1v) is 4.63. The number of amides is 2. The van der Waals surface area contributed by atoms with Crippen LogP contribution in [0.25, 0.3) is 0 Å². The Morgan fingerprint density at radius 2 is 1.79 bits per heavy atom. The van der Waals surface area contributed by atoms with Crippen molar-refractivity contribution < 1.29 is 4.79 Å². The number of halogens is 2. The maximum atomic E-state index is 11.2. The molecule has 2 amide bonds. The number of hydrogen-bond acceptors (Lipinski definition) is 1. The second-order valence-electron chi connectivity index (χ2n) is 2.83. The lowest BCUT2D eigenvalue weighted by atomic mass is 10.3. The summed E-state index contributed by atoms with van der Waals surface area (Å²) in [4.78, 5) is 12.7. The molecule has 5 heteroatoms. The summed E-state index contributed by atoms with van der Waals surface area (Å²) in [6, 6.07) is 7.32. The molecule has 0 spiro atoms. The fraction of sp³-hybridized carbons (Fsp3) is 0.222. The molecule has 1 rings (SSSR count). The van der Waals surface area contributed by atoms with Gasteiger partial charge in [-0.2, -0.15) is 0 Å². The van der Waals surface area contributed by atoms with Gasteiger partial charge >= 0.3 is 6.03 Å². The summed E-state index contributed by atoms with van der Waals surface area (Å²) in [6.07, 6.45) is 0. The Morgan fingerprint density at radius 3 is 2.21 bits per heavy atom. The monoisotopic (exact) mass is 278 g/mol. The molecular formula is C9H12BrClN2O. The summed E-state index contributed by atoms with van der Waals surface area (Å²) in [5.41, 5.74) is 0.793. The predicted octanol–water partition coefficient (Wildman–Crippen LogP) is 2.96. The van der Waals surface area contributed by atoms with E-state index in [9.17, 15) is 4.79 Å². The van der Waals surface area contributed by atoms with E-state index in [4.69, 9.17) is 0 Å². The van der Waals surface area contributed by atoms with Crippen molar-refractivity contribution in [3.8, 4) is 0 Å². The van der Waals surface area contributed by atoms with Gasteiger partial charge in [-0.1, -0.05) is 15.9 Å². The Kier molecular flexibility index (Phi) is 5.57. The lowest BCUT2D eigenvalue weighted by Gasteiger charge is -2.11. The number of rotatable bonds is 1. The molecule has 0 fully saturated rings. The van der Waals surface area contributed by atoms with Crippen LogP contribution in [-0.2, 0) is 0 Å². The topological polar surface area (TPSA) is 32.3 Å². The summed E-state index contributed by atoms with van der Waals surface area (Å²) >= 11 is 3.32. The second-order valence-corrected chi connectivity index (χ2v) is 3.75. The molecule has 1 N–H and O–H groups in total. The standard InChI is InChI=1S/C9H11BrN2O.ClH/c1-12(2)9(13)11-8-5-3-7(10)4-6-8;/h3-6H,1-2H3,(H,11,13);1H. The van der Waals surface area contributed by atoms with E-state index in [0.29, 0.717) is 0 Å². The van der Waals surface area contributed by atoms with Gasteiger partial charge in [0.1, 0.15) is 0 Å². The summed E-state index contributed by atoms with van der Waals surface area (Å²) in [5.74, 6) is 0. The molecule has 0 aromatic heterocycles. The molecule has 78 valence electrons. The third-order valence-corrected chi connectivity index (χ3v) is 2.03. The predicted molar refractivity (Wildman–Crippen MR) is 64.1 cm³/mol. The van der Waals surface area contributed by atoms with Gasteiger partial charge in [-0.15, -0.1) is 12.4 Å². The molecule has 0 heterocycles. The maximum absolute atomic E-state index is 11.2. The van der Waals surface area contributed by atoms with Gasteiger partial charge < -0.3 is 10.2 Å². The first-order chi connectivity index (χ1) is 6.09. The highest BCUT2D eigenvalue weighted by Gasteiger charge is 2.02. The minimum Gasteiger partial charge on any atom is -0.331 e. The minimum atomic E-state index is -0.123. The van der Waals surface area contributed by atoms with Crippen molar-refractivity contribution in [3.05, 3.63) is 28.7 Å². The van der Waals surface area contributed by atoms with Crippen LogP contribution in [0.15, 0.2) is 28.7 Å². The van der Waals surface area contributed by atoms with Crippen LogP contribution in [0.1, 0.15) is 0 Å². The van der Waals surface area contributed by atoms with Crippen molar-refractivity contribution in [2.24, 2.45) is 0 Å². The highest BCUT2D eigenvalue weighted by atomic mass is 79.9. The Balaban J connectivity index is 0.00000169. The zero-order valence-electron chi connectivity index (χ0n) is 7.95. The lowest BCUT2D eigenvalue weighted by molar-refractivity contribution is 0.230. The molecule has 0 atom stereocenters. The Bertz CT molecular complexity index is 300. The molecule has 0 aliphatic carbocycles. The molecule has 0 saturated carbocycles. The molecule has 0 bridgehead atoms. The van der Waals surface area contributed by atoms with Crippen LogP contribution in [0.3, 0.4) is 0 Å². The molecule has 0 saturated heterocycles. The summed E-state index contributed by atoms with van der Waals surface area (Å²) in [6.45, 7) is 0. The van der Waals surface area contributed by atoms with Crippen molar-refractivity contribution >= 4 is 40.1 Å². The quantitative estimate of drug-likeness (QED) is 0.842. The Labute approximate surface area is 98.0 Å². The number of nitrogens with one attached hydrogen (secondary N) is 1. The van der Waals surface area contributed by atoms with Gasteiger partial charge in [0.05, 0.1) is 0 Å². The fourth-order valence-corrected chi connectivity index (χ4v) is 1.03. The zero-order valence-corrected chi connectivity index (χ0v) is 10.4. The molecule has 0 aliphatic rings. The van der Waals surface area contributed by atoms with Crippen molar-refractivity contribution in [3.63, 3.8) is 0 Å². The van der Waals surface area contributed by atoms with Crippen LogP contribution in [0, 0.1) is 0 Å². The third-order valence-electron chi connectivity index (χ3n) is 1.50. The van der Waals surface area contributed by atoms with Gasteiger partial charge in [-0.05, 0) is 24.3 Å². The second kappa shape index (κ2) is 5.88. The van der Waals surface area contributed by atoms with Crippen LogP contribution in [0.4, 0.5) is 10.5 Å². The lowest BCUT2D eigenvalue weighted by Crippen LogP contribution is -2.27. The van der Waals surface area contributed by atoms with Gasteiger partial charge in [0.25, 0.3) is 0 Å². The van der Waals surface area contributed by atoms with Crippen LogP contribution < -0.4 is 5.32 Å². The van der Waals surface area contributed by atoms with E-state index >= 15 is 0 Å². The van der Waals surface area contributed by atoms with Gasteiger partial charge in [-0.3, -0.25) is 0 Å². The molecule has 3 nitrogen and oxygen atoms in total. The average Bonchev–Trinajstić information content (AvgIpc) is 2.08. The van der Waals surface area contributed by atoms with E-state index in [2.05, 4.69) is 21.2 Å². The molecule has 0 aliphatic heterocycles. The zero-order chi connectivity index (χ0) is 9.84. The van der Waals surface area contributed by atoms with E-state index in [1.807, 2.05) is 24.3 Å². The molecule has 0 unspecified atom stereocenters. The van der Waals surface area contributed by atoms with E-state index in [1.165, 1.54) is 4.90 Å². The number of carbonyl (C=O) groups excluding carboxylic acids is 1. The minimum absolute atomic E-state index is 0. The van der Waals surface area contributed by atoms with Gasteiger partial charge in [-0.25, -0.2) is 4.79 Å². The third kappa shape index (κ3) is 3.98. The highest BCUT2D eigenvalue weighted by molar-refractivity contribution is 9.10.